The number of benzene rings is 1. The third-order valence-corrected chi connectivity index (χ3v) is 3.01. The number of nitrogens with zero attached hydrogens (tertiary/aromatic N) is 1. The van der Waals surface area contributed by atoms with Crippen molar-refractivity contribution in [3.63, 3.8) is 0 Å². The number of anilines is 1. The monoisotopic (exact) mass is 274 g/mol. The van der Waals surface area contributed by atoms with E-state index >= 15 is 0 Å². The lowest BCUT2D eigenvalue weighted by atomic mass is 10.0. The van der Waals surface area contributed by atoms with Gasteiger partial charge in [-0.15, -0.1) is 0 Å². The van der Waals surface area contributed by atoms with Crippen molar-refractivity contribution >= 4 is 17.5 Å². The molecule has 0 bridgehead atoms. The minimum atomic E-state index is -0.491. The normalized spacial score (nSPS) is 15.8. The van der Waals surface area contributed by atoms with E-state index in [1.807, 2.05) is 45.0 Å². The van der Waals surface area contributed by atoms with Crippen LogP contribution in [0.25, 0.3) is 5.70 Å². The summed E-state index contributed by atoms with van der Waals surface area (Å²) in [7, 11) is 0. The first-order valence-electron chi connectivity index (χ1n) is 6.93. The molecule has 0 radical (unpaired) electrons. The Balaban J connectivity index is 2.26. The van der Waals surface area contributed by atoms with Gasteiger partial charge in [-0.25, -0.2) is 4.79 Å². The Morgan fingerprint density at radius 2 is 2.10 bits per heavy atom. The number of ether oxygens (including phenoxy) is 1. The summed E-state index contributed by atoms with van der Waals surface area (Å²) in [6, 6.07) is 7.58. The van der Waals surface area contributed by atoms with Gasteiger partial charge in [-0.2, -0.15) is 0 Å². The van der Waals surface area contributed by atoms with Gasteiger partial charge in [0.15, 0.2) is 0 Å². The summed E-state index contributed by atoms with van der Waals surface area (Å²) in [5.74, 6) is 0. The maximum absolute atomic E-state index is 12.3. The first-order chi connectivity index (χ1) is 9.37. The molecule has 0 saturated heterocycles. The molecular weight excluding hydrogens is 252 g/mol. The van der Waals surface area contributed by atoms with E-state index in [1.54, 1.807) is 4.90 Å². The largest absolute Gasteiger partial charge is 0.443 e. The minimum absolute atomic E-state index is 0.300. The molecule has 0 saturated carbocycles. The SMILES string of the molecule is CC(C)(C)OC(=O)N1CCCC=C1c1cccc(N)c1. The highest BCUT2D eigenvalue weighted by molar-refractivity contribution is 5.83. The van der Waals surface area contributed by atoms with Crippen molar-refractivity contribution in [1.29, 1.82) is 0 Å². The number of carbonyl (C=O) groups excluding carboxylic acids is 1. The van der Waals surface area contributed by atoms with Crippen LogP contribution in [0.4, 0.5) is 10.5 Å². The highest BCUT2D eigenvalue weighted by Gasteiger charge is 2.26. The van der Waals surface area contributed by atoms with Crippen LogP contribution in [0.1, 0.15) is 39.2 Å². The summed E-state index contributed by atoms with van der Waals surface area (Å²) in [5.41, 5.74) is 7.87. The maximum atomic E-state index is 12.3. The number of hydrogen-bond acceptors (Lipinski definition) is 3. The molecule has 1 aromatic carbocycles. The zero-order valence-electron chi connectivity index (χ0n) is 12.3. The van der Waals surface area contributed by atoms with Crippen LogP contribution in [0, 0.1) is 0 Å². The smallest absolute Gasteiger partial charge is 0.414 e. The molecule has 1 aliphatic rings. The zero-order valence-corrected chi connectivity index (χ0v) is 12.3. The van der Waals surface area contributed by atoms with Crippen LogP contribution in [0.5, 0.6) is 0 Å². The molecule has 0 spiro atoms. The predicted octanol–water partition coefficient (Wildman–Crippen LogP) is 3.64. The van der Waals surface area contributed by atoms with Crippen LogP contribution in [0.3, 0.4) is 0 Å². The van der Waals surface area contributed by atoms with Crippen molar-refractivity contribution in [2.75, 3.05) is 12.3 Å². The number of nitrogens with two attached hydrogens (primary N) is 1. The fourth-order valence-corrected chi connectivity index (χ4v) is 2.20. The number of carbonyl (C=O) groups is 1. The second kappa shape index (κ2) is 5.57. The van der Waals surface area contributed by atoms with Crippen molar-refractivity contribution in [2.24, 2.45) is 0 Å². The Bertz CT molecular complexity index is 530. The molecule has 4 nitrogen and oxygen atoms in total. The van der Waals surface area contributed by atoms with Crippen LogP contribution in [0.15, 0.2) is 30.3 Å². The van der Waals surface area contributed by atoms with Gasteiger partial charge in [0.2, 0.25) is 0 Å². The standard InChI is InChI=1S/C16H22N2O2/c1-16(2,3)20-15(19)18-10-5-4-9-14(18)12-7-6-8-13(17)11-12/h6-9,11H,4-5,10,17H2,1-3H3. The van der Waals surface area contributed by atoms with Gasteiger partial charge in [0.25, 0.3) is 0 Å². The first-order valence-corrected chi connectivity index (χ1v) is 6.93. The highest BCUT2D eigenvalue weighted by atomic mass is 16.6. The number of nitrogen functional groups attached to an aromatic ring is 1. The number of amides is 1. The van der Waals surface area contributed by atoms with Gasteiger partial charge in [-0.05, 0) is 45.7 Å². The van der Waals surface area contributed by atoms with Crippen molar-refractivity contribution in [1.82, 2.24) is 4.90 Å². The average Bonchev–Trinajstić information content (AvgIpc) is 2.37. The number of hydrogen-bond donors (Lipinski definition) is 1. The Morgan fingerprint density at radius 1 is 1.35 bits per heavy atom. The average molecular weight is 274 g/mol. The molecule has 0 unspecified atom stereocenters. The summed E-state index contributed by atoms with van der Waals surface area (Å²) in [5, 5.41) is 0. The molecule has 1 aromatic rings. The lowest BCUT2D eigenvalue weighted by Gasteiger charge is -2.31. The van der Waals surface area contributed by atoms with Crippen LogP contribution in [-0.2, 0) is 4.74 Å². The lowest BCUT2D eigenvalue weighted by Crippen LogP contribution is -2.37. The Hall–Kier alpha value is -1.97. The Morgan fingerprint density at radius 3 is 2.75 bits per heavy atom. The fourth-order valence-electron chi connectivity index (χ4n) is 2.20. The summed E-state index contributed by atoms with van der Waals surface area (Å²) >= 11 is 0. The summed E-state index contributed by atoms with van der Waals surface area (Å²) in [6.07, 6.45) is 3.68. The van der Waals surface area contributed by atoms with Crippen molar-refractivity contribution in [3.8, 4) is 0 Å². The van der Waals surface area contributed by atoms with Crippen LogP contribution < -0.4 is 5.73 Å². The second-order valence-corrected chi connectivity index (χ2v) is 5.99. The lowest BCUT2D eigenvalue weighted by molar-refractivity contribution is 0.0347. The van der Waals surface area contributed by atoms with Crippen molar-refractivity contribution < 1.29 is 9.53 Å². The maximum Gasteiger partial charge on any atom is 0.414 e. The molecule has 0 aromatic heterocycles. The highest BCUT2D eigenvalue weighted by Crippen LogP contribution is 2.27. The minimum Gasteiger partial charge on any atom is -0.443 e. The van der Waals surface area contributed by atoms with Gasteiger partial charge in [0.05, 0.1) is 5.70 Å². The molecule has 2 N–H and O–H groups in total. The van der Waals surface area contributed by atoms with Gasteiger partial charge in [0.1, 0.15) is 5.60 Å². The molecule has 4 heteroatoms. The molecule has 20 heavy (non-hydrogen) atoms. The molecule has 1 heterocycles. The number of allylic oxidation sites excluding steroid dienone is 1. The van der Waals surface area contributed by atoms with Crippen molar-refractivity contribution in [3.05, 3.63) is 35.9 Å². The second-order valence-electron chi connectivity index (χ2n) is 5.99. The predicted molar refractivity (Wildman–Crippen MR) is 81.0 cm³/mol. The molecule has 108 valence electrons. The molecule has 1 aliphatic heterocycles. The Kier molecular flexibility index (Phi) is 4.02. The summed E-state index contributed by atoms with van der Waals surface area (Å²) < 4.78 is 5.47. The van der Waals surface area contributed by atoms with E-state index in [0.717, 1.165) is 24.1 Å². The van der Waals surface area contributed by atoms with E-state index < -0.39 is 5.60 Å². The van der Waals surface area contributed by atoms with E-state index in [1.165, 1.54) is 0 Å². The topological polar surface area (TPSA) is 55.6 Å². The molecule has 2 rings (SSSR count). The third kappa shape index (κ3) is 3.53. The van der Waals surface area contributed by atoms with Gasteiger partial charge < -0.3 is 10.5 Å². The van der Waals surface area contributed by atoms with Gasteiger partial charge in [-0.1, -0.05) is 18.2 Å². The van der Waals surface area contributed by atoms with Crippen LogP contribution >= 0.6 is 0 Å². The fraction of sp³-hybridized carbons (Fsp3) is 0.438. The van der Waals surface area contributed by atoms with Gasteiger partial charge in [-0.3, -0.25) is 4.90 Å². The van der Waals surface area contributed by atoms with E-state index in [0.29, 0.717) is 12.2 Å². The number of rotatable bonds is 1. The third-order valence-electron chi connectivity index (χ3n) is 3.01. The molecule has 0 fully saturated rings. The van der Waals surface area contributed by atoms with E-state index in [2.05, 4.69) is 6.08 Å². The summed E-state index contributed by atoms with van der Waals surface area (Å²) in [6.45, 7) is 6.30. The van der Waals surface area contributed by atoms with Crippen LogP contribution in [-0.4, -0.2) is 23.1 Å². The molecular formula is C16H22N2O2. The van der Waals surface area contributed by atoms with E-state index in [4.69, 9.17) is 10.5 Å². The molecule has 1 amide bonds. The summed E-state index contributed by atoms with van der Waals surface area (Å²) in [4.78, 5) is 14.0. The molecule has 0 aliphatic carbocycles. The van der Waals surface area contributed by atoms with Gasteiger partial charge in [0, 0.05) is 17.8 Å². The van der Waals surface area contributed by atoms with Gasteiger partial charge >= 0.3 is 6.09 Å². The van der Waals surface area contributed by atoms with E-state index in [-0.39, 0.29) is 6.09 Å². The zero-order chi connectivity index (χ0) is 14.8. The quantitative estimate of drug-likeness (QED) is 0.795. The molecule has 0 atom stereocenters. The Labute approximate surface area is 120 Å². The first kappa shape index (κ1) is 14.4. The van der Waals surface area contributed by atoms with E-state index in [9.17, 15) is 4.79 Å². The van der Waals surface area contributed by atoms with Crippen molar-refractivity contribution in [2.45, 2.75) is 39.2 Å². The van der Waals surface area contributed by atoms with Crippen LogP contribution in [0.2, 0.25) is 0 Å².